The van der Waals surface area contributed by atoms with Gasteiger partial charge in [0.2, 0.25) is 0 Å². The summed E-state index contributed by atoms with van der Waals surface area (Å²) in [6.45, 7) is 7.54. The van der Waals surface area contributed by atoms with Gasteiger partial charge in [-0.15, -0.1) is 0 Å². The molecular formula is C7H15O4P. The number of hydrogen-bond acceptors (Lipinski definition) is 4. The molecule has 0 saturated heterocycles. The Morgan fingerprint density at radius 1 is 1.42 bits per heavy atom. The molecule has 0 heterocycles. The molecule has 0 aromatic heterocycles. The van der Waals surface area contributed by atoms with Crippen molar-refractivity contribution in [2.75, 3.05) is 13.2 Å². The van der Waals surface area contributed by atoms with E-state index in [4.69, 9.17) is 9.05 Å². The molecule has 0 rings (SSSR count). The Hall–Kier alpha value is -0.310. The molecule has 1 atom stereocenters. The molecule has 0 aliphatic heterocycles. The van der Waals surface area contributed by atoms with Crippen LogP contribution in [0.15, 0.2) is 12.8 Å². The van der Waals surface area contributed by atoms with Gasteiger partial charge in [0.1, 0.15) is 0 Å². The highest BCUT2D eigenvalue weighted by molar-refractivity contribution is 7.48. The van der Waals surface area contributed by atoms with E-state index in [1.807, 2.05) is 6.92 Å². The summed E-state index contributed by atoms with van der Waals surface area (Å²) >= 11 is 0. The molecule has 0 aromatic rings. The minimum atomic E-state index is -3.35. The van der Waals surface area contributed by atoms with Crippen molar-refractivity contribution in [3.8, 4) is 0 Å². The van der Waals surface area contributed by atoms with Crippen molar-refractivity contribution in [3.05, 3.63) is 12.8 Å². The molecule has 0 aliphatic rings. The molecule has 0 amide bonds. The molecule has 4 nitrogen and oxygen atoms in total. The van der Waals surface area contributed by atoms with E-state index in [0.29, 0.717) is 6.61 Å². The highest BCUT2D eigenvalue weighted by Gasteiger charge is 2.24. The van der Waals surface area contributed by atoms with Crippen LogP contribution in [-0.4, -0.2) is 13.2 Å². The Morgan fingerprint density at radius 3 is 2.50 bits per heavy atom. The Morgan fingerprint density at radius 2 is 2.08 bits per heavy atom. The molecule has 0 aromatic carbocycles. The molecule has 0 aliphatic carbocycles. The van der Waals surface area contributed by atoms with Gasteiger partial charge in [0.05, 0.1) is 19.5 Å². The zero-order valence-electron chi connectivity index (χ0n) is 7.49. The summed E-state index contributed by atoms with van der Waals surface area (Å²) in [6.07, 6.45) is 1.82. The molecule has 72 valence electrons. The predicted molar refractivity (Wildman–Crippen MR) is 46.8 cm³/mol. The van der Waals surface area contributed by atoms with Crippen molar-refractivity contribution < 1.29 is 18.1 Å². The van der Waals surface area contributed by atoms with E-state index < -0.39 is 7.82 Å². The van der Waals surface area contributed by atoms with Gasteiger partial charge in [0, 0.05) is 0 Å². The quantitative estimate of drug-likeness (QED) is 0.461. The number of hydrogen-bond donors (Lipinski definition) is 0. The van der Waals surface area contributed by atoms with Crippen molar-refractivity contribution in [3.63, 3.8) is 0 Å². The first-order valence-corrected chi connectivity index (χ1v) is 5.33. The second kappa shape index (κ2) is 6.23. The monoisotopic (exact) mass is 194 g/mol. The molecular weight excluding hydrogens is 179 g/mol. The number of rotatable bonds is 7. The van der Waals surface area contributed by atoms with Crippen LogP contribution in [0.25, 0.3) is 0 Å². The lowest BCUT2D eigenvalue weighted by Crippen LogP contribution is -1.97. The molecule has 0 N–H and O–H groups in total. The maximum atomic E-state index is 11.4. The Balaban J connectivity index is 3.98. The minimum absolute atomic E-state index is 0.287. The second-order valence-corrected chi connectivity index (χ2v) is 3.59. The van der Waals surface area contributed by atoms with E-state index in [0.717, 1.165) is 12.7 Å². The van der Waals surface area contributed by atoms with E-state index in [2.05, 4.69) is 11.1 Å². The molecule has 12 heavy (non-hydrogen) atoms. The lowest BCUT2D eigenvalue weighted by atomic mass is 10.5. The molecule has 0 bridgehead atoms. The maximum absolute atomic E-state index is 11.4. The largest absolute Gasteiger partial charge is 0.529 e. The molecule has 5 heteroatoms. The van der Waals surface area contributed by atoms with Gasteiger partial charge in [-0.1, -0.05) is 13.5 Å². The van der Waals surface area contributed by atoms with Gasteiger partial charge in [-0.05, 0) is 13.3 Å². The zero-order chi connectivity index (χ0) is 9.45. The second-order valence-electron chi connectivity index (χ2n) is 1.97. The summed E-state index contributed by atoms with van der Waals surface area (Å²) in [5.41, 5.74) is 0. The SMILES string of the molecule is C=COP(=O)(OCC)OCCC. The van der Waals surface area contributed by atoms with Crippen molar-refractivity contribution in [1.29, 1.82) is 0 Å². The third-order valence-corrected chi connectivity index (χ3v) is 2.42. The first-order valence-electron chi connectivity index (χ1n) is 3.87. The summed E-state index contributed by atoms with van der Waals surface area (Å²) in [5.74, 6) is 0. The predicted octanol–water partition coefficient (Wildman–Crippen LogP) is 2.72. The van der Waals surface area contributed by atoms with Crippen molar-refractivity contribution in [2.24, 2.45) is 0 Å². The fourth-order valence-electron chi connectivity index (χ4n) is 0.551. The van der Waals surface area contributed by atoms with Crippen molar-refractivity contribution >= 4 is 7.82 Å². The van der Waals surface area contributed by atoms with Crippen LogP contribution in [0, 0.1) is 0 Å². The Kier molecular flexibility index (Phi) is 6.07. The number of phosphoric acid groups is 1. The third-order valence-electron chi connectivity index (χ3n) is 0.944. The van der Waals surface area contributed by atoms with Gasteiger partial charge in [-0.25, -0.2) is 4.57 Å². The van der Waals surface area contributed by atoms with Gasteiger partial charge in [0.15, 0.2) is 0 Å². The minimum Gasteiger partial charge on any atom is -0.413 e. The van der Waals surface area contributed by atoms with E-state index >= 15 is 0 Å². The van der Waals surface area contributed by atoms with Gasteiger partial charge < -0.3 is 4.52 Å². The highest BCUT2D eigenvalue weighted by atomic mass is 31.2. The van der Waals surface area contributed by atoms with E-state index in [1.165, 1.54) is 0 Å². The van der Waals surface area contributed by atoms with Crippen LogP contribution in [0.1, 0.15) is 20.3 Å². The van der Waals surface area contributed by atoms with Gasteiger partial charge >= 0.3 is 7.82 Å². The average Bonchev–Trinajstić information content (AvgIpc) is 2.02. The summed E-state index contributed by atoms with van der Waals surface area (Å²) in [4.78, 5) is 0. The van der Waals surface area contributed by atoms with E-state index in [-0.39, 0.29) is 6.61 Å². The van der Waals surface area contributed by atoms with Crippen LogP contribution < -0.4 is 0 Å². The fourth-order valence-corrected chi connectivity index (χ4v) is 1.65. The summed E-state index contributed by atoms with van der Waals surface area (Å²) in [5, 5.41) is 0. The van der Waals surface area contributed by atoms with Crippen molar-refractivity contribution in [1.82, 2.24) is 0 Å². The van der Waals surface area contributed by atoms with Crippen LogP contribution >= 0.6 is 7.82 Å². The first-order chi connectivity index (χ1) is 5.68. The lowest BCUT2D eigenvalue weighted by Gasteiger charge is -2.14. The van der Waals surface area contributed by atoms with Gasteiger partial charge in [0.25, 0.3) is 0 Å². The van der Waals surface area contributed by atoms with Crippen LogP contribution in [0.2, 0.25) is 0 Å². The lowest BCUT2D eigenvalue weighted by molar-refractivity contribution is 0.148. The van der Waals surface area contributed by atoms with Gasteiger partial charge in [-0.3, -0.25) is 9.05 Å². The molecule has 1 unspecified atom stereocenters. The average molecular weight is 194 g/mol. The molecule has 0 spiro atoms. The summed E-state index contributed by atoms with van der Waals surface area (Å²) in [6, 6.07) is 0. The highest BCUT2D eigenvalue weighted by Crippen LogP contribution is 2.49. The van der Waals surface area contributed by atoms with Crippen LogP contribution in [-0.2, 0) is 18.1 Å². The molecule has 0 radical (unpaired) electrons. The van der Waals surface area contributed by atoms with Crippen LogP contribution in [0.4, 0.5) is 0 Å². The van der Waals surface area contributed by atoms with Crippen molar-refractivity contribution in [2.45, 2.75) is 20.3 Å². The Bertz CT molecular complexity index is 169. The molecule has 0 saturated carbocycles. The summed E-state index contributed by atoms with van der Waals surface area (Å²) < 4.78 is 25.8. The van der Waals surface area contributed by atoms with E-state index in [1.54, 1.807) is 6.92 Å². The normalized spacial score (nSPS) is 15.2. The first kappa shape index (κ1) is 11.7. The van der Waals surface area contributed by atoms with Gasteiger partial charge in [-0.2, -0.15) is 0 Å². The topological polar surface area (TPSA) is 44.8 Å². The fraction of sp³-hybridized carbons (Fsp3) is 0.714. The summed E-state index contributed by atoms with van der Waals surface area (Å²) in [7, 11) is -3.35. The van der Waals surface area contributed by atoms with Crippen LogP contribution in [0.3, 0.4) is 0 Å². The maximum Gasteiger partial charge on any atom is 0.529 e. The standard InChI is InChI=1S/C7H15O4P/c1-4-7-11-12(8,9-5-2)10-6-3/h5H,2,4,6-7H2,1,3H3. The zero-order valence-corrected chi connectivity index (χ0v) is 8.38. The smallest absolute Gasteiger partial charge is 0.413 e. The third kappa shape index (κ3) is 4.54. The number of phosphoric ester groups is 1. The van der Waals surface area contributed by atoms with E-state index in [9.17, 15) is 4.57 Å². The van der Waals surface area contributed by atoms with Crippen LogP contribution in [0.5, 0.6) is 0 Å². The molecule has 0 fully saturated rings. The Labute approximate surface area is 73.1 Å².